The summed E-state index contributed by atoms with van der Waals surface area (Å²) in [6, 6.07) is 13.7. The molecule has 0 unspecified atom stereocenters. The average Bonchev–Trinajstić information content (AvgIpc) is 2.38. The predicted octanol–water partition coefficient (Wildman–Crippen LogP) is 4.14. The Morgan fingerprint density at radius 1 is 1.15 bits per heavy atom. The third kappa shape index (κ3) is 3.61. The molecule has 0 aliphatic carbocycles. The number of nitrogens with one attached hydrogen (secondary N) is 1. The molecular weight excluding hydrogens is 362 g/mol. The van der Waals surface area contributed by atoms with Gasteiger partial charge in [0.05, 0.1) is 5.02 Å². The van der Waals surface area contributed by atoms with E-state index in [9.17, 15) is 8.42 Å². The Kier molecular flexibility index (Phi) is 4.86. The van der Waals surface area contributed by atoms with Crippen LogP contribution >= 0.6 is 27.5 Å². The van der Waals surface area contributed by atoms with Gasteiger partial charge in [-0.15, -0.1) is 0 Å². The second kappa shape index (κ2) is 6.26. The summed E-state index contributed by atoms with van der Waals surface area (Å²) < 4.78 is 28.0. The second-order valence-corrected chi connectivity index (χ2v) is 7.33. The molecule has 2 rings (SSSR count). The van der Waals surface area contributed by atoms with Crippen molar-refractivity contribution < 1.29 is 8.42 Å². The molecule has 0 spiro atoms. The van der Waals surface area contributed by atoms with Gasteiger partial charge in [-0.2, -0.15) is 0 Å². The molecule has 0 radical (unpaired) electrons. The van der Waals surface area contributed by atoms with Crippen molar-refractivity contribution >= 4 is 37.6 Å². The van der Waals surface area contributed by atoms with Gasteiger partial charge in [-0.05, 0) is 30.7 Å². The van der Waals surface area contributed by atoms with Crippen LogP contribution in [0.5, 0.6) is 0 Å². The van der Waals surface area contributed by atoms with E-state index in [-0.39, 0.29) is 16.0 Å². The van der Waals surface area contributed by atoms with Crippen LogP contribution in [0.4, 0.5) is 0 Å². The molecule has 0 aliphatic rings. The molecule has 6 heteroatoms. The predicted molar refractivity (Wildman–Crippen MR) is 84.3 cm³/mol. The maximum absolute atomic E-state index is 12.3. The molecule has 0 bridgehead atoms. The number of sulfonamides is 1. The molecule has 2 aromatic rings. The van der Waals surface area contributed by atoms with E-state index in [2.05, 4.69) is 20.7 Å². The summed E-state index contributed by atoms with van der Waals surface area (Å²) in [5.41, 5.74) is 0.893. The van der Waals surface area contributed by atoms with Crippen LogP contribution < -0.4 is 4.72 Å². The first kappa shape index (κ1) is 15.5. The average molecular weight is 375 g/mol. The van der Waals surface area contributed by atoms with Crippen LogP contribution in [0.1, 0.15) is 18.5 Å². The number of rotatable bonds is 4. The summed E-state index contributed by atoms with van der Waals surface area (Å²) in [5, 5.41) is 0.187. The van der Waals surface area contributed by atoms with Crippen molar-refractivity contribution in [1.82, 2.24) is 4.72 Å². The van der Waals surface area contributed by atoms with Gasteiger partial charge in [0.1, 0.15) is 4.90 Å². The zero-order valence-corrected chi connectivity index (χ0v) is 13.8. The molecular formula is C14H13BrClNO2S. The Balaban J connectivity index is 2.28. The van der Waals surface area contributed by atoms with Crippen LogP contribution in [0.15, 0.2) is 57.9 Å². The van der Waals surface area contributed by atoms with Crippen LogP contribution in [0.3, 0.4) is 0 Å². The fourth-order valence-corrected chi connectivity index (χ4v) is 4.07. The molecule has 1 N–H and O–H groups in total. The maximum Gasteiger partial charge on any atom is 0.242 e. The van der Waals surface area contributed by atoms with E-state index in [1.807, 2.05) is 30.3 Å². The van der Waals surface area contributed by atoms with Crippen LogP contribution in [0.25, 0.3) is 0 Å². The number of hydrogen-bond donors (Lipinski definition) is 1. The minimum Gasteiger partial charge on any atom is -0.207 e. The fraction of sp³-hybridized carbons (Fsp3) is 0.143. The van der Waals surface area contributed by atoms with Crippen molar-refractivity contribution in [3.63, 3.8) is 0 Å². The lowest BCUT2D eigenvalue weighted by molar-refractivity contribution is 0.567. The third-order valence-corrected chi connectivity index (χ3v) is 5.33. The van der Waals surface area contributed by atoms with Crippen LogP contribution in [0, 0.1) is 0 Å². The monoisotopic (exact) mass is 373 g/mol. The van der Waals surface area contributed by atoms with Gasteiger partial charge in [-0.3, -0.25) is 0 Å². The van der Waals surface area contributed by atoms with Crippen molar-refractivity contribution in [2.45, 2.75) is 17.9 Å². The summed E-state index contributed by atoms with van der Waals surface area (Å²) in [6.45, 7) is 1.79. The van der Waals surface area contributed by atoms with Gasteiger partial charge in [0.25, 0.3) is 0 Å². The summed E-state index contributed by atoms with van der Waals surface area (Å²) >= 11 is 9.25. The molecule has 0 aromatic heterocycles. The lowest BCUT2D eigenvalue weighted by Gasteiger charge is -2.15. The lowest BCUT2D eigenvalue weighted by atomic mass is 10.1. The molecule has 0 saturated heterocycles. The van der Waals surface area contributed by atoms with Gasteiger partial charge in [-0.25, -0.2) is 13.1 Å². The zero-order valence-electron chi connectivity index (χ0n) is 10.7. The first-order chi connectivity index (χ1) is 9.40. The van der Waals surface area contributed by atoms with Crippen LogP contribution in [-0.2, 0) is 10.0 Å². The van der Waals surface area contributed by atoms with E-state index in [4.69, 9.17) is 11.6 Å². The summed E-state index contributed by atoms with van der Waals surface area (Å²) in [7, 11) is -3.66. The van der Waals surface area contributed by atoms with E-state index in [1.54, 1.807) is 19.1 Å². The Hall–Kier alpha value is -0.880. The normalized spacial score (nSPS) is 13.2. The van der Waals surface area contributed by atoms with E-state index in [0.717, 1.165) is 10.0 Å². The van der Waals surface area contributed by atoms with Crippen molar-refractivity contribution in [2.75, 3.05) is 0 Å². The minimum absolute atomic E-state index is 0.0742. The number of halogens is 2. The molecule has 0 saturated carbocycles. The molecule has 0 aliphatic heterocycles. The van der Waals surface area contributed by atoms with Gasteiger partial charge in [0.2, 0.25) is 10.0 Å². The smallest absolute Gasteiger partial charge is 0.207 e. The highest BCUT2D eigenvalue weighted by Gasteiger charge is 2.21. The summed E-state index contributed by atoms with van der Waals surface area (Å²) in [6.07, 6.45) is 0. The van der Waals surface area contributed by atoms with E-state index in [0.29, 0.717) is 0 Å². The second-order valence-electron chi connectivity index (χ2n) is 4.33. The Labute approximate surface area is 132 Å². The van der Waals surface area contributed by atoms with Gasteiger partial charge in [0, 0.05) is 10.5 Å². The summed E-state index contributed by atoms with van der Waals surface area (Å²) in [4.78, 5) is 0.0742. The molecule has 106 valence electrons. The standard InChI is InChI=1S/C14H13BrClNO2S/c1-10(11-5-3-2-4-6-11)17-20(18,19)14-8-7-12(15)9-13(14)16/h2-10,17H,1H3/t10-/m1/s1. The molecule has 20 heavy (non-hydrogen) atoms. The number of benzene rings is 2. The Bertz CT molecular complexity index is 704. The third-order valence-electron chi connectivity index (χ3n) is 2.81. The topological polar surface area (TPSA) is 46.2 Å². The van der Waals surface area contributed by atoms with E-state index < -0.39 is 10.0 Å². The highest BCUT2D eigenvalue weighted by molar-refractivity contribution is 9.10. The SMILES string of the molecule is C[C@@H](NS(=O)(=O)c1ccc(Br)cc1Cl)c1ccccc1. The highest BCUT2D eigenvalue weighted by atomic mass is 79.9. The van der Waals surface area contributed by atoms with Crippen molar-refractivity contribution in [2.24, 2.45) is 0 Å². The van der Waals surface area contributed by atoms with Gasteiger partial charge in [0.15, 0.2) is 0 Å². The largest absolute Gasteiger partial charge is 0.242 e. The summed E-state index contributed by atoms with van der Waals surface area (Å²) in [5.74, 6) is 0. The first-order valence-corrected chi connectivity index (χ1v) is 8.58. The molecule has 1 atom stereocenters. The van der Waals surface area contributed by atoms with Gasteiger partial charge >= 0.3 is 0 Å². The molecule has 3 nitrogen and oxygen atoms in total. The van der Waals surface area contributed by atoms with Crippen LogP contribution in [0.2, 0.25) is 5.02 Å². The van der Waals surface area contributed by atoms with Gasteiger partial charge in [-0.1, -0.05) is 57.9 Å². The van der Waals surface area contributed by atoms with Crippen molar-refractivity contribution in [1.29, 1.82) is 0 Å². The molecule has 0 amide bonds. The Morgan fingerprint density at radius 3 is 2.40 bits per heavy atom. The molecule has 0 fully saturated rings. The van der Waals surface area contributed by atoms with Crippen molar-refractivity contribution in [3.05, 3.63) is 63.6 Å². The number of hydrogen-bond acceptors (Lipinski definition) is 2. The zero-order chi connectivity index (χ0) is 14.8. The lowest BCUT2D eigenvalue weighted by Crippen LogP contribution is -2.27. The fourth-order valence-electron chi connectivity index (χ4n) is 1.80. The molecule has 0 heterocycles. The quantitative estimate of drug-likeness (QED) is 0.874. The van der Waals surface area contributed by atoms with Crippen molar-refractivity contribution in [3.8, 4) is 0 Å². The molecule has 2 aromatic carbocycles. The Morgan fingerprint density at radius 2 is 1.80 bits per heavy atom. The van der Waals surface area contributed by atoms with Gasteiger partial charge < -0.3 is 0 Å². The minimum atomic E-state index is -3.66. The first-order valence-electron chi connectivity index (χ1n) is 5.92. The highest BCUT2D eigenvalue weighted by Crippen LogP contribution is 2.26. The van der Waals surface area contributed by atoms with E-state index >= 15 is 0 Å². The van der Waals surface area contributed by atoms with Crippen LogP contribution in [-0.4, -0.2) is 8.42 Å². The van der Waals surface area contributed by atoms with E-state index in [1.165, 1.54) is 6.07 Å². The maximum atomic E-state index is 12.3.